The Labute approximate surface area is 116 Å². The van der Waals surface area contributed by atoms with E-state index in [1.807, 2.05) is 13.8 Å². The van der Waals surface area contributed by atoms with E-state index in [1.54, 1.807) is 16.7 Å². The highest BCUT2D eigenvalue weighted by molar-refractivity contribution is 5.69. The number of aliphatic hydroxyl groups is 1. The lowest BCUT2D eigenvalue weighted by atomic mass is 10.1. The summed E-state index contributed by atoms with van der Waals surface area (Å²) in [7, 11) is 0. The molecule has 20 heavy (non-hydrogen) atoms. The van der Waals surface area contributed by atoms with Crippen molar-refractivity contribution in [3.05, 3.63) is 39.7 Å². The lowest BCUT2D eigenvalue weighted by Crippen LogP contribution is -2.06. The van der Waals surface area contributed by atoms with E-state index in [9.17, 15) is 15.2 Å². The van der Waals surface area contributed by atoms with Crippen molar-refractivity contribution in [2.75, 3.05) is 0 Å². The van der Waals surface area contributed by atoms with E-state index in [0.717, 1.165) is 12.0 Å². The van der Waals surface area contributed by atoms with Gasteiger partial charge in [0.05, 0.1) is 10.5 Å². The Morgan fingerprint density at radius 2 is 2.15 bits per heavy atom. The highest BCUT2D eigenvalue weighted by Gasteiger charge is 2.21. The molecule has 7 heteroatoms. The molecule has 2 aromatic rings. The summed E-state index contributed by atoms with van der Waals surface area (Å²) >= 11 is 0. The van der Waals surface area contributed by atoms with Gasteiger partial charge in [0, 0.05) is 12.6 Å². The van der Waals surface area contributed by atoms with Crippen LogP contribution in [0.1, 0.15) is 24.7 Å². The fourth-order valence-corrected chi connectivity index (χ4v) is 2.10. The van der Waals surface area contributed by atoms with Crippen LogP contribution in [0.2, 0.25) is 0 Å². The van der Waals surface area contributed by atoms with Gasteiger partial charge in [-0.3, -0.25) is 10.1 Å². The van der Waals surface area contributed by atoms with Gasteiger partial charge in [0.2, 0.25) is 0 Å². The topological polar surface area (TPSA) is 94.1 Å². The first kappa shape index (κ1) is 14.1. The molecule has 1 N–H and O–H groups in total. The number of rotatable bonds is 5. The normalized spacial score (nSPS) is 10.8. The molecule has 0 fully saturated rings. The standard InChI is InChI=1S/C13H16N4O3/c1-3-6-16-12(8-18)14-15-13(16)10-7-9(2)4-5-11(10)17(19)20/h4-5,7,18H,3,6,8H2,1-2H3. The van der Waals surface area contributed by atoms with E-state index < -0.39 is 4.92 Å². The summed E-state index contributed by atoms with van der Waals surface area (Å²) in [5, 5.41) is 28.3. The molecule has 0 aliphatic heterocycles. The molecule has 1 aromatic heterocycles. The number of aliphatic hydroxyl groups excluding tert-OH is 1. The third-order valence-corrected chi connectivity index (χ3v) is 3.01. The molecule has 1 heterocycles. The molecular formula is C13H16N4O3. The zero-order chi connectivity index (χ0) is 14.7. The summed E-state index contributed by atoms with van der Waals surface area (Å²) in [6, 6.07) is 4.87. The van der Waals surface area contributed by atoms with Gasteiger partial charge in [-0.25, -0.2) is 0 Å². The van der Waals surface area contributed by atoms with Crippen LogP contribution in [0.4, 0.5) is 5.69 Å². The molecular weight excluding hydrogens is 260 g/mol. The van der Waals surface area contributed by atoms with E-state index in [1.165, 1.54) is 6.07 Å². The summed E-state index contributed by atoms with van der Waals surface area (Å²) < 4.78 is 1.72. The second-order valence-electron chi connectivity index (χ2n) is 4.53. The third-order valence-electron chi connectivity index (χ3n) is 3.01. The quantitative estimate of drug-likeness (QED) is 0.666. The second-order valence-corrected chi connectivity index (χ2v) is 4.53. The van der Waals surface area contributed by atoms with Crippen molar-refractivity contribution in [3.63, 3.8) is 0 Å². The highest BCUT2D eigenvalue weighted by atomic mass is 16.6. The number of aryl methyl sites for hydroxylation is 1. The number of nitro groups is 1. The van der Waals surface area contributed by atoms with Gasteiger partial charge in [-0.2, -0.15) is 0 Å². The molecule has 0 aliphatic carbocycles. The maximum atomic E-state index is 11.2. The minimum atomic E-state index is -0.432. The third kappa shape index (κ3) is 2.53. The first-order valence-corrected chi connectivity index (χ1v) is 6.36. The van der Waals surface area contributed by atoms with E-state index in [4.69, 9.17) is 0 Å². The minimum absolute atomic E-state index is 0.00940. The maximum Gasteiger partial charge on any atom is 0.280 e. The van der Waals surface area contributed by atoms with E-state index in [0.29, 0.717) is 23.8 Å². The Kier molecular flexibility index (Phi) is 4.09. The second kappa shape index (κ2) is 5.79. The summed E-state index contributed by atoms with van der Waals surface area (Å²) in [5.74, 6) is 0.837. The molecule has 0 radical (unpaired) electrons. The van der Waals surface area contributed by atoms with Crippen LogP contribution < -0.4 is 0 Å². The predicted octanol–water partition coefficient (Wildman–Crippen LogP) is 2.06. The molecule has 2 rings (SSSR count). The number of nitrogens with zero attached hydrogens (tertiary/aromatic N) is 4. The lowest BCUT2D eigenvalue weighted by Gasteiger charge is -2.08. The fraction of sp³-hybridized carbons (Fsp3) is 0.385. The van der Waals surface area contributed by atoms with Gasteiger partial charge in [0.15, 0.2) is 11.6 Å². The van der Waals surface area contributed by atoms with Crippen molar-refractivity contribution in [2.45, 2.75) is 33.4 Å². The summed E-state index contributed by atoms with van der Waals surface area (Å²) in [4.78, 5) is 10.7. The van der Waals surface area contributed by atoms with Gasteiger partial charge in [0.1, 0.15) is 6.61 Å². The molecule has 0 aliphatic rings. The van der Waals surface area contributed by atoms with Gasteiger partial charge in [-0.15, -0.1) is 10.2 Å². The van der Waals surface area contributed by atoms with Crippen molar-refractivity contribution < 1.29 is 10.0 Å². The minimum Gasteiger partial charge on any atom is -0.388 e. The summed E-state index contributed by atoms with van der Waals surface area (Å²) in [6.45, 7) is 4.20. The monoisotopic (exact) mass is 276 g/mol. The number of hydrogen-bond acceptors (Lipinski definition) is 5. The van der Waals surface area contributed by atoms with Crippen LogP contribution in [-0.2, 0) is 13.2 Å². The van der Waals surface area contributed by atoms with Gasteiger partial charge in [-0.05, 0) is 25.0 Å². The molecule has 0 spiro atoms. The van der Waals surface area contributed by atoms with Crippen LogP contribution in [0.15, 0.2) is 18.2 Å². The zero-order valence-corrected chi connectivity index (χ0v) is 11.4. The molecule has 1 aromatic carbocycles. The largest absolute Gasteiger partial charge is 0.388 e. The van der Waals surface area contributed by atoms with E-state index in [2.05, 4.69) is 10.2 Å². The van der Waals surface area contributed by atoms with Crippen LogP contribution >= 0.6 is 0 Å². The highest BCUT2D eigenvalue weighted by Crippen LogP contribution is 2.30. The van der Waals surface area contributed by atoms with Crippen LogP contribution in [0.25, 0.3) is 11.4 Å². The number of hydrogen-bond donors (Lipinski definition) is 1. The number of nitro benzene ring substituents is 1. The van der Waals surface area contributed by atoms with Crippen LogP contribution in [0.5, 0.6) is 0 Å². The Hall–Kier alpha value is -2.28. The van der Waals surface area contributed by atoms with Crippen LogP contribution in [0, 0.1) is 17.0 Å². The Bertz CT molecular complexity index is 637. The Morgan fingerprint density at radius 3 is 2.75 bits per heavy atom. The maximum absolute atomic E-state index is 11.2. The average Bonchev–Trinajstić information content (AvgIpc) is 2.81. The molecule has 0 atom stereocenters. The first-order valence-electron chi connectivity index (χ1n) is 6.36. The average molecular weight is 276 g/mol. The fourth-order valence-electron chi connectivity index (χ4n) is 2.10. The van der Waals surface area contributed by atoms with Gasteiger partial charge < -0.3 is 9.67 Å². The number of benzene rings is 1. The SMILES string of the molecule is CCCn1c(CO)nnc1-c1cc(C)ccc1[N+](=O)[O-]. The molecule has 7 nitrogen and oxygen atoms in total. The predicted molar refractivity (Wildman–Crippen MR) is 73.1 cm³/mol. The van der Waals surface area contributed by atoms with Crippen molar-refractivity contribution in [1.29, 1.82) is 0 Å². The summed E-state index contributed by atoms with van der Waals surface area (Å²) in [6.07, 6.45) is 0.817. The summed E-state index contributed by atoms with van der Waals surface area (Å²) in [5.41, 5.74) is 1.32. The van der Waals surface area contributed by atoms with Gasteiger partial charge in [-0.1, -0.05) is 13.0 Å². The van der Waals surface area contributed by atoms with E-state index in [-0.39, 0.29) is 12.3 Å². The van der Waals surface area contributed by atoms with Crippen molar-refractivity contribution in [3.8, 4) is 11.4 Å². The molecule has 0 saturated carbocycles. The Balaban J connectivity index is 2.64. The van der Waals surface area contributed by atoms with E-state index >= 15 is 0 Å². The van der Waals surface area contributed by atoms with Gasteiger partial charge >= 0.3 is 0 Å². The molecule has 0 unspecified atom stereocenters. The molecule has 0 saturated heterocycles. The smallest absolute Gasteiger partial charge is 0.280 e. The van der Waals surface area contributed by atoms with Crippen LogP contribution in [0.3, 0.4) is 0 Å². The van der Waals surface area contributed by atoms with Crippen LogP contribution in [-0.4, -0.2) is 24.8 Å². The molecule has 0 bridgehead atoms. The lowest BCUT2D eigenvalue weighted by molar-refractivity contribution is -0.384. The number of aromatic nitrogens is 3. The van der Waals surface area contributed by atoms with Crippen molar-refractivity contribution in [2.24, 2.45) is 0 Å². The molecule has 0 amide bonds. The van der Waals surface area contributed by atoms with Crippen molar-refractivity contribution >= 4 is 5.69 Å². The van der Waals surface area contributed by atoms with Crippen molar-refractivity contribution in [1.82, 2.24) is 14.8 Å². The van der Waals surface area contributed by atoms with Gasteiger partial charge in [0.25, 0.3) is 5.69 Å². The first-order chi connectivity index (χ1) is 9.58. The molecule has 106 valence electrons. The Morgan fingerprint density at radius 1 is 1.40 bits per heavy atom. The zero-order valence-electron chi connectivity index (χ0n) is 11.4.